The summed E-state index contributed by atoms with van der Waals surface area (Å²) in [4.78, 5) is 4.35. The predicted molar refractivity (Wildman–Crippen MR) is 90.0 cm³/mol. The molecule has 22 heavy (non-hydrogen) atoms. The minimum atomic E-state index is -2.96. The fourth-order valence-corrected chi connectivity index (χ4v) is 4.66. The topological polar surface area (TPSA) is 84.5 Å². The van der Waals surface area contributed by atoms with Crippen molar-refractivity contribution >= 4 is 21.5 Å². The van der Waals surface area contributed by atoms with Gasteiger partial charge in [0.1, 0.15) is 9.84 Å². The van der Waals surface area contributed by atoms with Crippen LogP contribution in [0.25, 0.3) is 0 Å². The molecule has 0 aromatic heterocycles. The highest BCUT2D eigenvalue weighted by Crippen LogP contribution is 2.46. The van der Waals surface area contributed by atoms with Gasteiger partial charge in [-0.3, -0.25) is 4.99 Å². The number of nitrogens with two attached hydrogens (primary N) is 1. The zero-order valence-electron chi connectivity index (χ0n) is 12.9. The van der Waals surface area contributed by atoms with Crippen molar-refractivity contribution in [3.8, 4) is 0 Å². The Kier molecular flexibility index (Phi) is 3.89. The molecule has 0 unspecified atom stereocenters. The highest BCUT2D eigenvalue weighted by molar-refractivity contribution is 7.90. The molecule has 3 rings (SSSR count). The van der Waals surface area contributed by atoms with Gasteiger partial charge in [-0.1, -0.05) is 6.07 Å². The third-order valence-corrected chi connectivity index (χ3v) is 5.62. The second-order valence-corrected chi connectivity index (χ2v) is 8.87. The third kappa shape index (κ3) is 3.80. The van der Waals surface area contributed by atoms with Crippen molar-refractivity contribution in [1.82, 2.24) is 0 Å². The van der Waals surface area contributed by atoms with Gasteiger partial charge in [0.15, 0.2) is 5.96 Å². The van der Waals surface area contributed by atoms with Gasteiger partial charge in [0.2, 0.25) is 0 Å². The molecule has 2 aliphatic rings. The SMILES string of the molecule is CS(=O)(=O)CC1(CN=C(N)Nc2ccc3c(c2)CCC3)CC1. The van der Waals surface area contributed by atoms with E-state index < -0.39 is 9.84 Å². The molecule has 0 radical (unpaired) electrons. The van der Waals surface area contributed by atoms with Crippen LogP contribution in [0.5, 0.6) is 0 Å². The molecule has 2 aliphatic carbocycles. The van der Waals surface area contributed by atoms with E-state index >= 15 is 0 Å². The van der Waals surface area contributed by atoms with Crippen molar-refractivity contribution in [3.63, 3.8) is 0 Å². The summed E-state index contributed by atoms with van der Waals surface area (Å²) in [6.07, 6.45) is 6.61. The van der Waals surface area contributed by atoms with Crippen LogP contribution in [0.15, 0.2) is 23.2 Å². The van der Waals surface area contributed by atoms with E-state index in [4.69, 9.17) is 5.73 Å². The van der Waals surface area contributed by atoms with Gasteiger partial charge in [-0.15, -0.1) is 0 Å². The Bertz CT molecular complexity index is 706. The average Bonchev–Trinajstić information content (AvgIpc) is 3.00. The van der Waals surface area contributed by atoms with Gasteiger partial charge in [0.05, 0.1) is 5.75 Å². The maximum atomic E-state index is 11.4. The van der Waals surface area contributed by atoms with E-state index in [1.165, 1.54) is 23.8 Å². The molecule has 5 nitrogen and oxygen atoms in total. The third-order valence-electron chi connectivity index (χ3n) is 4.48. The van der Waals surface area contributed by atoms with Gasteiger partial charge >= 0.3 is 0 Å². The molecule has 3 N–H and O–H groups in total. The van der Waals surface area contributed by atoms with Crippen molar-refractivity contribution in [2.45, 2.75) is 32.1 Å². The molecule has 0 saturated heterocycles. The fraction of sp³-hybridized carbons (Fsp3) is 0.562. The number of anilines is 1. The van der Waals surface area contributed by atoms with Crippen molar-refractivity contribution in [3.05, 3.63) is 29.3 Å². The molecule has 1 fully saturated rings. The minimum absolute atomic E-state index is 0.183. The maximum absolute atomic E-state index is 11.4. The number of nitrogens with zero attached hydrogens (tertiary/aromatic N) is 1. The first-order valence-electron chi connectivity index (χ1n) is 7.72. The van der Waals surface area contributed by atoms with E-state index in [1.54, 1.807) is 0 Å². The number of sulfone groups is 1. The Hall–Kier alpha value is -1.56. The van der Waals surface area contributed by atoms with Gasteiger partial charge < -0.3 is 11.1 Å². The minimum Gasteiger partial charge on any atom is -0.370 e. The lowest BCUT2D eigenvalue weighted by Gasteiger charge is -2.12. The average molecular weight is 321 g/mol. The first-order chi connectivity index (χ1) is 10.4. The lowest BCUT2D eigenvalue weighted by molar-refractivity contribution is 0.552. The molecule has 0 spiro atoms. The summed E-state index contributed by atoms with van der Waals surface area (Å²) >= 11 is 0. The Morgan fingerprint density at radius 1 is 1.32 bits per heavy atom. The van der Waals surface area contributed by atoms with Crippen molar-refractivity contribution in [1.29, 1.82) is 0 Å². The van der Waals surface area contributed by atoms with Crippen LogP contribution in [0, 0.1) is 5.41 Å². The largest absolute Gasteiger partial charge is 0.370 e. The Balaban J connectivity index is 1.61. The lowest BCUT2D eigenvalue weighted by atomic mass is 10.1. The molecule has 0 atom stereocenters. The smallest absolute Gasteiger partial charge is 0.193 e. The second-order valence-electron chi connectivity index (χ2n) is 6.73. The Labute approximate surface area is 131 Å². The van der Waals surface area contributed by atoms with E-state index in [0.29, 0.717) is 12.5 Å². The summed E-state index contributed by atoms with van der Waals surface area (Å²) in [7, 11) is -2.96. The summed E-state index contributed by atoms with van der Waals surface area (Å²) in [5.41, 5.74) is 9.52. The second kappa shape index (κ2) is 5.57. The number of hydrogen-bond donors (Lipinski definition) is 2. The number of aryl methyl sites for hydroxylation is 2. The number of benzene rings is 1. The van der Waals surface area contributed by atoms with E-state index in [0.717, 1.165) is 31.4 Å². The van der Waals surface area contributed by atoms with Gasteiger partial charge in [0, 0.05) is 23.9 Å². The van der Waals surface area contributed by atoms with Crippen molar-refractivity contribution in [2.75, 3.05) is 23.9 Å². The van der Waals surface area contributed by atoms with E-state index in [9.17, 15) is 8.42 Å². The van der Waals surface area contributed by atoms with E-state index in [1.807, 2.05) is 6.07 Å². The summed E-state index contributed by atoms with van der Waals surface area (Å²) in [6.45, 7) is 0.476. The van der Waals surface area contributed by atoms with Crippen LogP contribution in [0.4, 0.5) is 5.69 Å². The van der Waals surface area contributed by atoms with Gasteiger partial charge in [-0.25, -0.2) is 8.42 Å². The van der Waals surface area contributed by atoms with Gasteiger partial charge in [-0.2, -0.15) is 0 Å². The number of fused-ring (bicyclic) bond motifs is 1. The zero-order valence-corrected chi connectivity index (χ0v) is 13.7. The Morgan fingerprint density at radius 3 is 2.73 bits per heavy atom. The summed E-state index contributed by atoms with van der Waals surface area (Å²) < 4.78 is 22.9. The molecule has 120 valence electrons. The normalized spacial score (nSPS) is 19.8. The monoisotopic (exact) mass is 321 g/mol. The number of hydrogen-bond acceptors (Lipinski definition) is 3. The van der Waals surface area contributed by atoms with Crippen LogP contribution in [0.2, 0.25) is 0 Å². The summed E-state index contributed by atoms with van der Waals surface area (Å²) in [6, 6.07) is 6.30. The molecule has 1 aromatic rings. The molecule has 6 heteroatoms. The maximum Gasteiger partial charge on any atom is 0.193 e. The highest BCUT2D eigenvalue weighted by atomic mass is 32.2. The molecule has 0 aliphatic heterocycles. The van der Waals surface area contributed by atoms with Gasteiger partial charge in [0.25, 0.3) is 0 Å². The number of nitrogens with one attached hydrogen (secondary N) is 1. The first kappa shape index (κ1) is 15.3. The molecular weight excluding hydrogens is 298 g/mol. The van der Waals surface area contributed by atoms with Crippen LogP contribution in [0.1, 0.15) is 30.4 Å². The van der Waals surface area contributed by atoms with Crippen LogP contribution in [-0.4, -0.2) is 32.9 Å². The molecule has 0 bridgehead atoms. The first-order valence-corrected chi connectivity index (χ1v) is 9.78. The molecule has 0 heterocycles. The van der Waals surface area contributed by atoms with Crippen molar-refractivity contribution in [2.24, 2.45) is 16.1 Å². The molecular formula is C16H23N3O2S. The predicted octanol–water partition coefficient (Wildman–Crippen LogP) is 1.73. The zero-order chi connectivity index (χ0) is 15.8. The Morgan fingerprint density at radius 2 is 2.05 bits per heavy atom. The fourth-order valence-electron chi connectivity index (χ4n) is 3.17. The number of aliphatic imine (C=N–C) groups is 1. The molecule has 0 amide bonds. The summed E-state index contributed by atoms with van der Waals surface area (Å²) in [5, 5.41) is 3.11. The quantitative estimate of drug-likeness (QED) is 0.639. The van der Waals surface area contributed by atoms with Crippen LogP contribution < -0.4 is 11.1 Å². The molecule has 1 saturated carbocycles. The number of rotatable bonds is 5. The van der Waals surface area contributed by atoms with Gasteiger partial charge in [-0.05, 0) is 55.4 Å². The van der Waals surface area contributed by atoms with E-state index in [-0.39, 0.29) is 11.2 Å². The lowest BCUT2D eigenvalue weighted by Crippen LogP contribution is -2.26. The number of guanidine groups is 1. The standard InChI is InChI=1S/C16H23N3O2S/c1-22(20,21)11-16(7-8-16)10-18-15(17)19-14-6-5-12-3-2-4-13(12)9-14/h5-6,9H,2-4,7-8,10-11H2,1H3,(H3,17,18,19). The van der Waals surface area contributed by atoms with E-state index in [2.05, 4.69) is 22.4 Å². The highest BCUT2D eigenvalue weighted by Gasteiger charge is 2.45. The summed E-state index contributed by atoms with van der Waals surface area (Å²) in [5.74, 6) is 0.563. The van der Waals surface area contributed by atoms with Crippen molar-refractivity contribution < 1.29 is 8.42 Å². The molecule has 1 aromatic carbocycles. The van der Waals surface area contributed by atoms with Crippen LogP contribution >= 0.6 is 0 Å². The van der Waals surface area contributed by atoms with Crippen LogP contribution in [0.3, 0.4) is 0 Å². The van der Waals surface area contributed by atoms with Crippen LogP contribution in [-0.2, 0) is 22.7 Å².